The van der Waals surface area contributed by atoms with E-state index in [9.17, 15) is 14.7 Å². The molecule has 7 nitrogen and oxygen atoms in total. The van der Waals surface area contributed by atoms with Crippen LogP contribution in [-0.4, -0.2) is 54.2 Å². The number of rotatable bonds is 6. The molecule has 2 fully saturated rings. The first-order chi connectivity index (χ1) is 13.1. The molecule has 3 rings (SSSR count). The van der Waals surface area contributed by atoms with Crippen LogP contribution in [0.3, 0.4) is 0 Å². The number of carbonyl (C=O) groups excluding carboxylic acids is 2. The Balaban J connectivity index is 1.66. The summed E-state index contributed by atoms with van der Waals surface area (Å²) in [5.74, 6) is 0.0335. The van der Waals surface area contributed by atoms with Crippen LogP contribution in [0.15, 0.2) is 24.3 Å². The quantitative estimate of drug-likeness (QED) is 0.698. The molecule has 1 saturated heterocycles. The smallest absolute Gasteiger partial charge is 0.249 e. The van der Waals surface area contributed by atoms with Crippen molar-refractivity contribution in [2.24, 2.45) is 11.7 Å². The molecule has 1 aromatic rings. The summed E-state index contributed by atoms with van der Waals surface area (Å²) in [6.45, 7) is 0.498. The molecule has 0 bridgehead atoms. The number of aliphatic hydroxyl groups excluding tert-OH is 1. The van der Waals surface area contributed by atoms with Crippen LogP contribution >= 0.6 is 0 Å². The number of nitrogens with one attached hydrogen (secondary N) is 1. The summed E-state index contributed by atoms with van der Waals surface area (Å²) in [4.78, 5) is 26.0. The molecule has 0 unspecified atom stereocenters. The maximum atomic E-state index is 12.4. The van der Waals surface area contributed by atoms with Crippen LogP contribution < -0.4 is 11.1 Å². The predicted molar refractivity (Wildman–Crippen MR) is 102 cm³/mol. The zero-order valence-corrected chi connectivity index (χ0v) is 15.6. The highest BCUT2D eigenvalue weighted by Gasteiger charge is 2.36. The lowest BCUT2D eigenvalue weighted by atomic mass is 9.88. The van der Waals surface area contributed by atoms with Gasteiger partial charge in [-0.15, -0.1) is 0 Å². The van der Waals surface area contributed by atoms with E-state index in [4.69, 9.17) is 10.5 Å². The molecule has 7 heteroatoms. The number of aliphatic hydroxyl groups is 1. The predicted octanol–water partition coefficient (Wildman–Crippen LogP) is 1.42. The Morgan fingerprint density at radius 2 is 1.93 bits per heavy atom. The summed E-state index contributed by atoms with van der Waals surface area (Å²) in [5.41, 5.74) is 7.20. The van der Waals surface area contributed by atoms with Gasteiger partial charge in [-0.05, 0) is 30.5 Å². The standard InChI is InChI=1S/C20H29N3O4/c21-10-11-23-17(12-24)19(27-13-18(23)25)14-6-8-16(9-7-14)22-20(26)15-4-2-1-3-5-15/h6-9,15,17,19,24H,1-5,10-13,21H2,(H,22,26)/t17-,19-/m1/s1. The van der Waals surface area contributed by atoms with Crippen molar-refractivity contribution in [1.29, 1.82) is 0 Å². The van der Waals surface area contributed by atoms with Gasteiger partial charge >= 0.3 is 0 Å². The average Bonchev–Trinajstić information content (AvgIpc) is 2.71. The van der Waals surface area contributed by atoms with Gasteiger partial charge in [-0.25, -0.2) is 0 Å². The summed E-state index contributed by atoms with van der Waals surface area (Å²) in [6.07, 6.45) is 4.97. The van der Waals surface area contributed by atoms with Crippen LogP contribution in [0.25, 0.3) is 0 Å². The number of ether oxygens (including phenoxy) is 1. The zero-order valence-electron chi connectivity index (χ0n) is 15.6. The van der Waals surface area contributed by atoms with Crippen molar-refractivity contribution < 1.29 is 19.4 Å². The minimum absolute atomic E-state index is 0.0265. The van der Waals surface area contributed by atoms with Gasteiger partial charge in [0.25, 0.3) is 0 Å². The molecule has 2 amide bonds. The van der Waals surface area contributed by atoms with Crippen molar-refractivity contribution in [3.8, 4) is 0 Å². The summed E-state index contributed by atoms with van der Waals surface area (Å²) < 4.78 is 5.69. The minimum atomic E-state index is -0.461. The van der Waals surface area contributed by atoms with Crippen LogP contribution in [0.5, 0.6) is 0 Å². The number of amides is 2. The van der Waals surface area contributed by atoms with Crippen LogP contribution in [-0.2, 0) is 14.3 Å². The van der Waals surface area contributed by atoms with E-state index in [1.165, 1.54) is 6.42 Å². The van der Waals surface area contributed by atoms with Crippen molar-refractivity contribution in [1.82, 2.24) is 4.90 Å². The fourth-order valence-electron chi connectivity index (χ4n) is 4.01. The van der Waals surface area contributed by atoms with Crippen LogP contribution in [0.1, 0.15) is 43.8 Å². The second kappa shape index (κ2) is 9.30. The van der Waals surface area contributed by atoms with Crippen molar-refractivity contribution in [3.63, 3.8) is 0 Å². The number of nitrogens with zero attached hydrogens (tertiary/aromatic N) is 1. The van der Waals surface area contributed by atoms with Crippen LogP contribution in [0, 0.1) is 5.92 Å². The van der Waals surface area contributed by atoms with Gasteiger partial charge in [-0.1, -0.05) is 31.4 Å². The van der Waals surface area contributed by atoms with E-state index in [0.29, 0.717) is 13.1 Å². The van der Waals surface area contributed by atoms with E-state index in [2.05, 4.69) is 5.32 Å². The zero-order chi connectivity index (χ0) is 19.2. The topological polar surface area (TPSA) is 105 Å². The first kappa shape index (κ1) is 19.8. The van der Waals surface area contributed by atoms with E-state index in [0.717, 1.165) is 36.9 Å². The summed E-state index contributed by atoms with van der Waals surface area (Å²) >= 11 is 0. The summed E-state index contributed by atoms with van der Waals surface area (Å²) in [6, 6.07) is 6.98. The Hall–Kier alpha value is -1.96. The van der Waals surface area contributed by atoms with E-state index >= 15 is 0 Å². The van der Waals surface area contributed by atoms with E-state index in [1.54, 1.807) is 4.90 Å². The molecular formula is C20H29N3O4. The van der Waals surface area contributed by atoms with E-state index in [-0.39, 0.29) is 30.9 Å². The van der Waals surface area contributed by atoms with Gasteiger partial charge in [0.05, 0.1) is 12.6 Å². The number of hydrogen-bond acceptors (Lipinski definition) is 5. The fourth-order valence-corrected chi connectivity index (χ4v) is 4.01. The average molecular weight is 375 g/mol. The molecule has 1 aliphatic carbocycles. The molecule has 2 aliphatic rings. The van der Waals surface area contributed by atoms with Gasteiger partial charge in [0, 0.05) is 24.7 Å². The van der Waals surface area contributed by atoms with Gasteiger partial charge < -0.3 is 25.8 Å². The number of hydrogen-bond donors (Lipinski definition) is 3. The maximum absolute atomic E-state index is 12.4. The van der Waals surface area contributed by atoms with Crippen molar-refractivity contribution in [3.05, 3.63) is 29.8 Å². The molecule has 148 valence electrons. The third-order valence-electron chi connectivity index (χ3n) is 5.50. The van der Waals surface area contributed by atoms with Gasteiger partial charge in [0.1, 0.15) is 12.7 Å². The normalized spacial score (nSPS) is 24.1. The van der Waals surface area contributed by atoms with Gasteiger partial charge in [-0.2, -0.15) is 0 Å². The van der Waals surface area contributed by atoms with Crippen LogP contribution in [0.4, 0.5) is 5.69 Å². The highest BCUT2D eigenvalue weighted by atomic mass is 16.5. The van der Waals surface area contributed by atoms with Crippen molar-refractivity contribution in [2.75, 3.05) is 31.6 Å². The number of anilines is 1. The lowest BCUT2D eigenvalue weighted by molar-refractivity contribution is -0.160. The molecule has 1 heterocycles. The maximum Gasteiger partial charge on any atom is 0.249 e. The Morgan fingerprint density at radius 3 is 2.56 bits per heavy atom. The number of morpholine rings is 1. The molecule has 27 heavy (non-hydrogen) atoms. The van der Waals surface area contributed by atoms with Gasteiger partial charge in [0.15, 0.2) is 0 Å². The number of benzene rings is 1. The van der Waals surface area contributed by atoms with Crippen molar-refractivity contribution in [2.45, 2.75) is 44.2 Å². The summed E-state index contributed by atoms with van der Waals surface area (Å²) in [7, 11) is 0. The molecule has 4 N–H and O–H groups in total. The van der Waals surface area contributed by atoms with Gasteiger partial charge in [-0.3, -0.25) is 9.59 Å². The monoisotopic (exact) mass is 375 g/mol. The molecule has 1 saturated carbocycles. The Morgan fingerprint density at radius 1 is 1.22 bits per heavy atom. The first-order valence-electron chi connectivity index (χ1n) is 9.77. The third-order valence-corrected chi connectivity index (χ3v) is 5.50. The van der Waals surface area contributed by atoms with E-state index in [1.807, 2.05) is 24.3 Å². The van der Waals surface area contributed by atoms with Crippen LogP contribution in [0.2, 0.25) is 0 Å². The molecule has 1 aromatic carbocycles. The molecular weight excluding hydrogens is 346 g/mol. The van der Waals surface area contributed by atoms with E-state index < -0.39 is 12.1 Å². The first-order valence-corrected chi connectivity index (χ1v) is 9.77. The number of carbonyl (C=O) groups is 2. The fraction of sp³-hybridized carbons (Fsp3) is 0.600. The molecule has 2 atom stereocenters. The molecule has 0 radical (unpaired) electrons. The number of nitrogens with two attached hydrogens (primary N) is 1. The molecule has 0 spiro atoms. The summed E-state index contributed by atoms with van der Waals surface area (Å²) in [5, 5.41) is 12.8. The lowest BCUT2D eigenvalue weighted by Gasteiger charge is -2.40. The SMILES string of the molecule is NCCN1C(=O)CO[C@H](c2ccc(NC(=O)C3CCCCC3)cc2)[C@H]1CO. The molecule has 1 aliphatic heterocycles. The Kier molecular flexibility index (Phi) is 6.82. The van der Waals surface area contributed by atoms with Gasteiger partial charge in [0.2, 0.25) is 11.8 Å². The Labute approximate surface area is 159 Å². The third kappa shape index (κ3) is 4.66. The minimum Gasteiger partial charge on any atom is -0.394 e. The second-order valence-corrected chi connectivity index (χ2v) is 7.30. The van der Waals surface area contributed by atoms with Crippen molar-refractivity contribution >= 4 is 17.5 Å². The second-order valence-electron chi connectivity index (χ2n) is 7.30. The Bertz CT molecular complexity index is 643. The largest absolute Gasteiger partial charge is 0.394 e. The molecule has 0 aromatic heterocycles. The highest BCUT2D eigenvalue weighted by Crippen LogP contribution is 2.30. The lowest BCUT2D eigenvalue weighted by Crippen LogP contribution is -2.54. The highest BCUT2D eigenvalue weighted by molar-refractivity contribution is 5.92.